The summed E-state index contributed by atoms with van der Waals surface area (Å²) in [5.41, 5.74) is 1.38. The molecule has 0 N–H and O–H groups in total. The summed E-state index contributed by atoms with van der Waals surface area (Å²) < 4.78 is 0.983. The van der Waals surface area contributed by atoms with E-state index in [0.29, 0.717) is 0 Å². The lowest BCUT2D eigenvalue weighted by molar-refractivity contribution is -0.833. The van der Waals surface area contributed by atoms with Crippen LogP contribution in [0.3, 0.4) is 0 Å². The fourth-order valence-corrected chi connectivity index (χ4v) is 0.828. The van der Waals surface area contributed by atoms with Crippen LogP contribution in [0.2, 0.25) is 0 Å². The van der Waals surface area contributed by atoms with Crippen LogP contribution in [0.25, 0.3) is 0 Å². The van der Waals surface area contributed by atoms with Crippen molar-refractivity contribution in [3.8, 4) is 0 Å². The van der Waals surface area contributed by atoms with E-state index in [1.807, 2.05) is 0 Å². The number of hydrogen-bond donors (Lipinski definition) is 0. The van der Waals surface area contributed by atoms with Crippen molar-refractivity contribution in [1.82, 2.24) is 0 Å². The Hall–Kier alpha value is -0.560. The molecule has 1 heterocycles. The Labute approximate surface area is 56.9 Å². The Morgan fingerprint density at radius 2 is 2.11 bits per heavy atom. The third kappa shape index (κ3) is 1.68. The first-order valence-corrected chi connectivity index (χ1v) is 3.29. The lowest BCUT2D eigenvalue weighted by atomic mass is 10.2. The molecule has 1 rings (SSSR count). The van der Waals surface area contributed by atoms with Crippen molar-refractivity contribution >= 4 is 0 Å². The summed E-state index contributed by atoms with van der Waals surface area (Å²) in [6.07, 6.45) is 6.65. The van der Waals surface area contributed by atoms with Gasteiger partial charge in [-0.3, -0.25) is 4.48 Å². The second-order valence-corrected chi connectivity index (χ2v) is 3.23. The van der Waals surface area contributed by atoms with Crippen LogP contribution >= 0.6 is 0 Å². The van der Waals surface area contributed by atoms with E-state index in [-0.39, 0.29) is 0 Å². The van der Waals surface area contributed by atoms with Crippen LogP contribution in [0.15, 0.2) is 23.9 Å². The molecule has 0 amide bonds. The Morgan fingerprint density at radius 1 is 1.44 bits per heavy atom. The molecule has 0 fully saturated rings. The van der Waals surface area contributed by atoms with E-state index in [9.17, 15) is 0 Å². The van der Waals surface area contributed by atoms with E-state index < -0.39 is 0 Å². The molecule has 1 aliphatic rings. The summed E-state index contributed by atoms with van der Waals surface area (Å²) in [6, 6.07) is 0. The Morgan fingerprint density at radius 3 is 2.44 bits per heavy atom. The van der Waals surface area contributed by atoms with Crippen molar-refractivity contribution < 1.29 is 4.48 Å². The van der Waals surface area contributed by atoms with Crippen LogP contribution in [0, 0.1) is 0 Å². The van der Waals surface area contributed by atoms with Crippen LogP contribution in [0.4, 0.5) is 0 Å². The number of likely N-dealkylation sites (N-methyl/N-ethyl adjacent to an activating group) is 1. The largest absolute Gasteiger partial charge is 0.299 e. The zero-order chi connectivity index (χ0) is 6.91. The standard InChI is InChI=1S/C8H14N/c1-8-4-6-9(2,3)7-5-8/h4-6H,7H2,1-3H3/q+1. The lowest BCUT2D eigenvalue weighted by Crippen LogP contribution is -2.34. The molecule has 9 heavy (non-hydrogen) atoms. The molecule has 0 spiro atoms. The van der Waals surface area contributed by atoms with Gasteiger partial charge in [0.05, 0.1) is 20.3 Å². The molecule has 0 unspecified atom stereocenters. The van der Waals surface area contributed by atoms with Crippen molar-refractivity contribution in [1.29, 1.82) is 0 Å². The predicted octanol–water partition coefficient (Wildman–Crippen LogP) is 1.54. The van der Waals surface area contributed by atoms with Gasteiger partial charge < -0.3 is 0 Å². The van der Waals surface area contributed by atoms with Crippen molar-refractivity contribution in [2.24, 2.45) is 0 Å². The van der Waals surface area contributed by atoms with Gasteiger partial charge in [0.2, 0.25) is 0 Å². The minimum atomic E-state index is 0.983. The molecular weight excluding hydrogens is 110 g/mol. The molecule has 0 saturated heterocycles. The molecule has 50 valence electrons. The van der Waals surface area contributed by atoms with Crippen molar-refractivity contribution in [3.63, 3.8) is 0 Å². The Kier molecular flexibility index (Phi) is 1.45. The summed E-state index contributed by atoms with van der Waals surface area (Å²) in [5.74, 6) is 0. The maximum absolute atomic E-state index is 2.26. The van der Waals surface area contributed by atoms with Gasteiger partial charge in [-0.25, -0.2) is 0 Å². The average Bonchev–Trinajstić information content (AvgIpc) is 1.78. The highest BCUT2D eigenvalue weighted by Crippen LogP contribution is 2.09. The highest BCUT2D eigenvalue weighted by Gasteiger charge is 2.11. The maximum atomic E-state index is 2.26. The SMILES string of the molecule is CC1=CC[N+](C)(C)C=C1. The molecule has 0 radical (unpaired) electrons. The van der Waals surface area contributed by atoms with E-state index in [2.05, 4.69) is 39.4 Å². The normalized spacial score (nSPS) is 23.7. The first-order valence-electron chi connectivity index (χ1n) is 3.29. The first-order chi connectivity index (χ1) is 4.10. The number of nitrogens with zero attached hydrogens (tertiary/aromatic N) is 1. The van der Waals surface area contributed by atoms with Crippen LogP contribution in [0.5, 0.6) is 0 Å². The summed E-state index contributed by atoms with van der Waals surface area (Å²) >= 11 is 0. The van der Waals surface area contributed by atoms with Gasteiger partial charge in [-0.15, -0.1) is 0 Å². The smallest absolute Gasteiger partial charge is 0.102 e. The number of rotatable bonds is 0. The fourth-order valence-electron chi connectivity index (χ4n) is 0.828. The van der Waals surface area contributed by atoms with Crippen molar-refractivity contribution in [2.45, 2.75) is 6.92 Å². The van der Waals surface area contributed by atoms with E-state index in [4.69, 9.17) is 0 Å². The van der Waals surface area contributed by atoms with Gasteiger partial charge >= 0.3 is 0 Å². The quantitative estimate of drug-likeness (QED) is 0.430. The van der Waals surface area contributed by atoms with Gasteiger partial charge in [0.25, 0.3) is 0 Å². The Bertz CT molecular complexity index is 163. The van der Waals surface area contributed by atoms with Crippen LogP contribution in [-0.2, 0) is 0 Å². The van der Waals surface area contributed by atoms with E-state index >= 15 is 0 Å². The minimum Gasteiger partial charge on any atom is -0.299 e. The minimum absolute atomic E-state index is 0.983. The predicted molar refractivity (Wildman–Crippen MR) is 39.9 cm³/mol. The number of allylic oxidation sites excluding steroid dienone is 2. The molecule has 0 aromatic rings. The molecule has 0 atom stereocenters. The lowest BCUT2D eigenvalue weighted by Gasteiger charge is -2.25. The molecule has 0 aromatic heterocycles. The number of hydrogen-bond acceptors (Lipinski definition) is 0. The molecule has 0 aromatic carbocycles. The van der Waals surface area contributed by atoms with E-state index in [1.54, 1.807) is 0 Å². The molecule has 1 aliphatic heterocycles. The summed E-state index contributed by atoms with van der Waals surface area (Å²) in [6.45, 7) is 3.26. The third-order valence-electron chi connectivity index (χ3n) is 1.62. The molecule has 1 nitrogen and oxygen atoms in total. The highest BCUT2D eigenvalue weighted by atomic mass is 15.3. The topological polar surface area (TPSA) is 0 Å². The molecule has 1 heteroatoms. The Balaban J connectivity index is 2.70. The van der Waals surface area contributed by atoms with Gasteiger partial charge in [0.1, 0.15) is 6.54 Å². The van der Waals surface area contributed by atoms with Gasteiger partial charge in [-0.05, 0) is 24.6 Å². The summed E-state index contributed by atoms with van der Waals surface area (Å²) in [5, 5.41) is 0. The fraction of sp³-hybridized carbons (Fsp3) is 0.500. The van der Waals surface area contributed by atoms with Gasteiger partial charge in [0.15, 0.2) is 0 Å². The number of quaternary nitrogens is 1. The summed E-state index contributed by atoms with van der Waals surface area (Å²) in [4.78, 5) is 0. The van der Waals surface area contributed by atoms with Gasteiger partial charge in [-0.2, -0.15) is 0 Å². The molecule has 0 aliphatic carbocycles. The van der Waals surface area contributed by atoms with Crippen LogP contribution in [0.1, 0.15) is 6.92 Å². The van der Waals surface area contributed by atoms with Gasteiger partial charge in [0, 0.05) is 0 Å². The van der Waals surface area contributed by atoms with Crippen molar-refractivity contribution in [2.75, 3.05) is 20.6 Å². The monoisotopic (exact) mass is 124 g/mol. The zero-order valence-electron chi connectivity index (χ0n) is 6.39. The summed E-state index contributed by atoms with van der Waals surface area (Å²) in [7, 11) is 4.39. The van der Waals surface area contributed by atoms with Crippen LogP contribution in [-0.4, -0.2) is 25.1 Å². The van der Waals surface area contributed by atoms with E-state index in [1.165, 1.54) is 5.57 Å². The third-order valence-corrected chi connectivity index (χ3v) is 1.62. The maximum Gasteiger partial charge on any atom is 0.102 e. The van der Waals surface area contributed by atoms with Gasteiger partial charge in [-0.1, -0.05) is 0 Å². The highest BCUT2D eigenvalue weighted by molar-refractivity contribution is 5.16. The second kappa shape index (κ2) is 1.99. The second-order valence-electron chi connectivity index (χ2n) is 3.23. The van der Waals surface area contributed by atoms with Crippen molar-refractivity contribution in [3.05, 3.63) is 23.9 Å². The molecular formula is C8H14N+. The molecule has 0 bridgehead atoms. The first kappa shape index (κ1) is 6.56. The zero-order valence-corrected chi connectivity index (χ0v) is 6.39. The molecule has 0 saturated carbocycles. The van der Waals surface area contributed by atoms with E-state index in [0.717, 1.165) is 11.0 Å². The average molecular weight is 124 g/mol. The van der Waals surface area contributed by atoms with Crippen LogP contribution < -0.4 is 0 Å².